The Balaban J connectivity index is 1.77. The summed E-state index contributed by atoms with van der Waals surface area (Å²) in [6.07, 6.45) is 1.04. The first-order valence-electron chi connectivity index (χ1n) is 10.4. The van der Waals surface area contributed by atoms with Crippen molar-refractivity contribution in [1.29, 1.82) is 0 Å². The molecule has 0 fully saturated rings. The van der Waals surface area contributed by atoms with Crippen molar-refractivity contribution in [1.82, 2.24) is 0 Å². The van der Waals surface area contributed by atoms with E-state index in [9.17, 15) is 21.6 Å². The van der Waals surface area contributed by atoms with E-state index in [1.165, 1.54) is 31.2 Å². The fourth-order valence-electron chi connectivity index (χ4n) is 3.36. The smallest absolute Gasteiger partial charge is 0.261 e. The number of sulfonamides is 2. The number of anilines is 3. The molecular formula is C24H27N3O5S2. The average molecular weight is 502 g/mol. The highest BCUT2D eigenvalue weighted by molar-refractivity contribution is 7.92. The Hall–Kier alpha value is -3.37. The highest BCUT2D eigenvalue weighted by Crippen LogP contribution is 2.23. The number of benzene rings is 3. The third kappa shape index (κ3) is 5.95. The molecule has 3 rings (SSSR count). The zero-order chi connectivity index (χ0) is 25.1. The Labute approximate surface area is 200 Å². The van der Waals surface area contributed by atoms with E-state index in [0.29, 0.717) is 17.1 Å². The van der Waals surface area contributed by atoms with Crippen LogP contribution in [-0.2, 0) is 24.8 Å². The minimum Gasteiger partial charge on any atom is -0.324 e. The quantitative estimate of drug-likeness (QED) is 0.486. The molecule has 0 bridgehead atoms. The summed E-state index contributed by atoms with van der Waals surface area (Å²) < 4.78 is 53.8. The summed E-state index contributed by atoms with van der Waals surface area (Å²) in [5.74, 6) is -0.556. The molecule has 1 atom stereocenters. The van der Waals surface area contributed by atoms with Crippen molar-refractivity contribution in [3.63, 3.8) is 0 Å². The maximum Gasteiger partial charge on any atom is 0.261 e. The second-order valence-electron chi connectivity index (χ2n) is 8.00. The molecule has 180 valence electrons. The van der Waals surface area contributed by atoms with Gasteiger partial charge >= 0.3 is 0 Å². The standard InChI is InChI=1S/C24H27N3O5S2/c1-17-9-13-21(14-10-17)27(33(4,29)30)19(3)24(28)25-20-11-15-22(16-12-20)34(31,32)26-23-8-6-5-7-18(23)2/h5-16,19,26H,1-4H3,(H,25,28)/t19-/m1/s1. The molecule has 0 unspecified atom stereocenters. The van der Waals surface area contributed by atoms with E-state index < -0.39 is 32.0 Å². The summed E-state index contributed by atoms with van der Waals surface area (Å²) in [4.78, 5) is 12.9. The monoisotopic (exact) mass is 501 g/mol. The summed E-state index contributed by atoms with van der Waals surface area (Å²) in [7, 11) is -7.56. The minimum atomic E-state index is -3.82. The van der Waals surface area contributed by atoms with Gasteiger partial charge in [0.2, 0.25) is 15.9 Å². The van der Waals surface area contributed by atoms with E-state index in [4.69, 9.17) is 0 Å². The van der Waals surface area contributed by atoms with E-state index in [2.05, 4.69) is 10.0 Å². The van der Waals surface area contributed by atoms with Crippen molar-refractivity contribution in [3.8, 4) is 0 Å². The van der Waals surface area contributed by atoms with E-state index >= 15 is 0 Å². The topological polar surface area (TPSA) is 113 Å². The summed E-state index contributed by atoms with van der Waals surface area (Å²) >= 11 is 0. The van der Waals surface area contributed by atoms with Gasteiger partial charge in [-0.2, -0.15) is 0 Å². The lowest BCUT2D eigenvalue weighted by Gasteiger charge is -2.28. The number of para-hydroxylation sites is 1. The lowest BCUT2D eigenvalue weighted by atomic mass is 10.2. The molecule has 0 heterocycles. The molecule has 0 spiro atoms. The van der Waals surface area contributed by atoms with E-state index in [0.717, 1.165) is 21.7 Å². The molecule has 2 N–H and O–H groups in total. The van der Waals surface area contributed by atoms with Crippen LogP contribution in [0, 0.1) is 13.8 Å². The molecule has 0 aromatic heterocycles. The predicted octanol–water partition coefficient (Wildman–Crippen LogP) is 3.90. The molecule has 3 aromatic rings. The normalized spacial score (nSPS) is 12.6. The van der Waals surface area contributed by atoms with Gasteiger partial charge in [0.05, 0.1) is 22.5 Å². The third-order valence-corrected chi connectivity index (χ3v) is 7.82. The number of hydrogen-bond donors (Lipinski definition) is 2. The maximum absolute atomic E-state index is 12.9. The molecule has 0 aliphatic rings. The first-order valence-corrected chi connectivity index (χ1v) is 13.8. The van der Waals surface area contributed by atoms with Crippen molar-refractivity contribution in [2.24, 2.45) is 0 Å². The second kappa shape index (κ2) is 9.86. The maximum atomic E-state index is 12.9. The lowest BCUT2D eigenvalue weighted by Crippen LogP contribution is -2.45. The third-order valence-electron chi connectivity index (χ3n) is 5.20. The lowest BCUT2D eigenvalue weighted by molar-refractivity contribution is -0.116. The SMILES string of the molecule is Cc1ccc(N([C@H](C)C(=O)Nc2ccc(S(=O)(=O)Nc3ccccc3C)cc2)S(C)(=O)=O)cc1. The van der Waals surface area contributed by atoms with Crippen LogP contribution in [-0.4, -0.2) is 35.0 Å². The highest BCUT2D eigenvalue weighted by atomic mass is 32.2. The summed E-state index contributed by atoms with van der Waals surface area (Å²) in [5.41, 5.74) is 2.93. The van der Waals surface area contributed by atoms with Crippen molar-refractivity contribution < 1.29 is 21.6 Å². The molecule has 34 heavy (non-hydrogen) atoms. The Kier molecular flexibility index (Phi) is 7.32. The van der Waals surface area contributed by atoms with Gasteiger partial charge in [-0.05, 0) is 68.8 Å². The molecule has 0 saturated heterocycles. The fraction of sp³-hybridized carbons (Fsp3) is 0.208. The van der Waals surface area contributed by atoms with Crippen LogP contribution >= 0.6 is 0 Å². The first kappa shape index (κ1) is 25.3. The first-order chi connectivity index (χ1) is 15.9. The number of nitrogens with zero attached hydrogens (tertiary/aromatic N) is 1. The van der Waals surface area contributed by atoms with Crippen LogP contribution in [0.1, 0.15) is 18.1 Å². The molecule has 0 aliphatic carbocycles. The number of rotatable bonds is 8. The number of hydrogen-bond acceptors (Lipinski definition) is 5. The zero-order valence-electron chi connectivity index (χ0n) is 19.3. The molecule has 8 nitrogen and oxygen atoms in total. The van der Waals surface area contributed by atoms with Crippen molar-refractivity contribution in [3.05, 3.63) is 83.9 Å². The van der Waals surface area contributed by atoms with Gasteiger partial charge in [0.25, 0.3) is 10.0 Å². The Morgan fingerprint density at radius 2 is 1.44 bits per heavy atom. The van der Waals surface area contributed by atoms with Crippen LogP contribution in [0.2, 0.25) is 0 Å². The molecule has 1 amide bonds. The van der Waals surface area contributed by atoms with Crippen molar-refractivity contribution >= 4 is 43.0 Å². The van der Waals surface area contributed by atoms with E-state index in [-0.39, 0.29) is 4.90 Å². The van der Waals surface area contributed by atoms with E-state index in [1.807, 2.05) is 13.0 Å². The molecule has 0 radical (unpaired) electrons. The van der Waals surface area contributed by atoms with Crippen molar-refractivity contribution in [2.75, 3.05) is 20.6 Å². The van der Waals surface area contributed by atoms with Crippen molar-refractivity contribution in [2.45, 2.75) is 31.7 Å². The van der Waals surface area contributed by atoms with Gasteiger partial charge in [-0.25, -0.2) is 16.8 Å². The number of amides is 1. The van der Waals surface area contributed by atoms with Gasteiger partial charge in [0, 0.05) is 5.69 Å². The molecule has 3 aromatic carbocycles. The molecule has 10 heteroatoms. The number of carbonyl (C=O) groups is 1. The van der Waals surface area contributed by atoms with Gasteiger partial charge < -0.3 is 5.32 Å². The number of nitrogens with one attached hydrogen (secondary N) is 2. The minimum absolute atomic E-state index is 0.0271. The Morgan fingerprint density at radius 3 is 2.00 bits per heavy atom. The van der Waals surface area contributed by atoms with Crippen LogP contribution in [0.25, 0.3) is 0 Å². The fourth-order valence-corrected chi connectivity index (χ4v) is 5.66. The van der Waals surface area contributed by atoms with Gasteiger partial charge in [0.15, 0.2) is 0 Å². The van der Waals surface area contributed by atoms with E-state index in [1.54, 1.807) is 49.4 Å². The molecular weight excluding hydrogens is 474 g/mol. The van der Waals surface area contributed by atoms with Crippen LogP contribution < -0.4 is 14.3 Å². The van der Waals surface area contributed by atoms with Crippen LogP contribution in [0.15, 0.2) is 77.7 Å². The van der Waals surface area contributed by atoms with Gasteiger partial charge in [0.1, 0.15) is 6.04 Å². The Morgan fingerprint density at radius 1 is 0.853 bits per heavy atom. The predicted molar refractivity (Wildman–Crippen MR) is 135 cm³/mol. The number of carbonyl (C=O) groups excluding carboxylic acids is 1. The highest BCUT2D eigenvalue weighted by Gasteiger charge is 2.29. The van der Waals surface area contributed by atoms with Crippen LogP contribution in [0.4, 0.5) is 17.1 Å². The second-order valence-corrected chi connectivity index (χ2v) is 11.5. The van der Waals surface area contributed by atoms with Crippen LogP contribution in [0.5, 0.6) is 0 Å². The largest absolute Gasteiger partial charge is 0.324 e. The zero-order valence-corrected chi connectivity index (χ0v) is 20.9. The number of aryl methyl sites for hydroxylation is 2. The summed E-state index contributed by atoms with van der Waals surface area (Å²) in [6, 6.07) is 18.4. The van der Waals surface area contributed by atoms with Gasteiger partial charge in [-0.3, -0.25) is 13.8 Å². The Bertz CT molecular complexity index is 1390. The molecule has 0 aliphatic heterocycles. The summed E-state index contributed by atoms with van der Waals surface area (Å²) in [5, 5.41) is 2.65. The van der Waals surface area contributed by atoms with Crippen LogP contribution in [0.3, 0.4) is 0 Å². The summed E-state index contributed by atoms with van der Waals surface area (Å²) in [6.45, 7) is 5.17. The average Bonchev–Trinajstić information content (AvgIpc) is 2.76. The van der Waals surface area contributed by atoms with Gasteiger partial charge in [-0.15, -0.1) is 0 Å². The van der Waals surface area contributed by atoms with Gasteiger partial charge in [-0.1, -0.05) is 35.9 Å². The molecule has 0 saturated carbocycles.